The van der Waals surface area contributed by atoms with E-state index in [4.69, 9.17) is 14.5 Å². The van der Waals surface area contributed by atoms with Gasteiger partial charge in [0.2, 0.25) is 11.8 Å². The Hall–Kier alpha value is -3.69. The average Bonchev–Trinajstić information content (AvgIpc) is 3.76. The van der Waals surface area contributed by atoms with Crippen LogP contribution in [0.4, 0.5) is 5.82 Å². The van der Waals surface area contributed by atoms with Crippen LogP contribution in [-0.4, -0.2) is 46.8 Å². The molecule has 0 aromatic carbocycles. The predicted molar refractivity (Wildman–Crippen MR) is 289 cm³/mol. The van der Waals surface area contributed by atoms with Crippen molar-refractivity contribution in [3.63, 3.8) is 0 Å². The van der Waals surface area contributed by atoms with Gasteiger partial charge in [0, 0.05) is 40.2 Å². The molecule has 3 N–H and O–H groups in total. The molecule has 2 heterocycles. The van der Waals surface area contributed by atoms with E-state index in [1.165, 1.54) is 0 Å². The lowest BCUT2D eigenvalue weighted by Crippen LogP contribution is -2.50. The molecule has 4 rings (SSSR count). The van der Waals surface area contributed by atoms with Gasteiger partial charge in [-0.3, -0.25) is 9.59 Å². The van der Waals surface area contributed by atoms with E-state index in [-0.39, 0.29) is 92.1 Å². The number of nitrogens with one attached hydrogen (secondary N) is 3. The van der Waals surface area contributed by atoms with Gasteiger partial charge < -0.3 is 25.1 Å². The van der Waals surface area contributed by atoms with E-state index in [9.17, 15) is 9.59 Å². The zero-order valence-electron chi connectivity index (χ0n) is 48.6. The number of rotatable bonds is 14. The van der Waals surface area contributed by atoms with E-state index in [0.29, 0.717) is 78.5 Å². The molecule has 1 aromatic rings. The molecule has 2 amide bonds. The number of allylic oxidation sites excluding steroid dienone is 2. The number of carbonyl (C=O) groups is 4. The normalized spacial score (nSPS) is 25.9. The second kappa shape index (κ2) is 21.8. The number of amidine groups is 1. The van der Waals surface area contributed by atoms with Crippen LogP contribution in [0.2, 0.25) is 0 Å². The highest BCUT2D eigenvalue weighted by Crippen LogP contribution is 2.52. The summed E-state index contributed by atoms with van der Waals surface area (Å²) in [5.41, 5.74) is 1.62. The summed E-state index contributed by atoms with van der Waals surface area (Å²) < 4.78 is 13.7. The summed E-state index contributed by atoms with van der Waals surface area (Å²) in [6.45, 7) is 49.3. The molecule has 3 aliphatic rings. The number of H-pyrrole nitrogens is 1. The number of anilines is 1. The standard InChI is InChI=1S/C60H100N4O6/c1-24-59(25-2,26-3)53(67)63-49-43(51(65)69-47-39(55(12,13)14)30-34(7)31-40(47)56(15,16)17)36(9)45(61-49)38(11)46-37(10)44(50(62-46)64-54(68)60(27-4,28-5)29-6)52(66)70-48-41(57(18,19)20)32-35(8)33-42(48)58(21,22)23/h34-35,39-42,47-48,61H,24-33H2,1-23H3,(H,63,67)(H,62,64,68). The predicted octanol–water partition coefficient (Wildman–Crippen LogP) is 15.2. The number of ether oxygens (including phenoxy) is 2. The lowest BCUT2D eigenvalue weighted by Gasteiger charge is -2.50. The molecule has 1 aliphatic heterocycles. The number of nitrogens with zero attached hydrogens (tertiary/aromatic N) is 1. The summed E-state index contributed by atoms with van der Waals surface area (Å²) in [5, 5.41) is 6.38. The van der Waals surface area contributed by atoms with Gasteiger partial charge in [0.15, 0.2) is 0 Å². The maximum atomic E-state index is 15.2. The molecule has 2 fully saturated rings. The third-order valence-electron chi connectivity index (χ3n) is 18.2. The monoisotopic (exact) mass is 973 g/mol. The Kier molecular flexibility index (Phi) is 18.3. The summed E-state index contributed by atoms with van der Waals surface area (Å²) in [7, 11) is 0. The number of carbonyl (C=O) groups excluding carboxylic acids is 4. The minimum Gasteiger partial charge on any atom is -0.458 e. The first kappa shape index (κ1) is 58.9. The molecule has 0 spiro atoms. The molecule has 0 bridgehead atoms. The van der Waals surface area contributed by atoms with Crippen molar-refractivity contribution < 1.29 is 28.7 Å². The summed E-state index contributed by atoms with van der Waals surface area (Å²) in [4.78, 5) is 67.9. The molecular formula is C60H100N4O6. The summed E-state index contributed by atoms with van der Waals surface area (Å²) in [6, 6.07) is 0. The average molecular weight is 973 g/mol. The van der Waals surface area contributed by atoms with Gasteiger partial charge in [0.25, 0.3) is 0 Å². The minimum absolute atomic E-state index is 0.112. The Balaban J connectivity index is 2.00. The van der Waals surface area contributed by atoms with Crippen LogP contribution >= 0.6 is 0 Å². The first-order valence-corrected chi connectivity index (χ1v) is 27.4. The minimum atomic E-state index is -0.654. The van der Waals surface area contributed by atoms with Gasteiger partial charge in [-0.2, -0.15) is 0 Å². The number of hydrogen-bond donors (Lipinski definition) is 3. The fourth-order valence-electron chi connectivity index (χ4n) is 12.7. The van der Waals surface area contributed by atoms with Crippen molar-refractivity contribution in [2.24, 2.45) is 73.0 Å². The van der Waals surface area contributed by atoms with Crippen molar-refractivity contribution in [2.75, 3.05) is 5.32 Å². The van der Waals surface area contributed by atoms with E-state index < -0.39 is 22.8 Å². The quantitative estimate of drug-likeness (QED) is 0.159. The van der Waals surface area contributed by atoms with Gasteiger partial charge in [0.05, 0.1) is 5.70 Å². The highest BCUT2D eigenvalue weighted by atomic mass is 16.5. The lowest BCUT2D eigenvalue weighted by atomic mass is 9.59. The van der Waals surface area contributed by atoms with E-state index >= 15 is 9.59 Å². The van der Waals surface area contributed by atoms with E-state index in [0.717, 1.165) is 25.7 Å². The topological polar surface area (TPSA) is 139 Å². The molecule has 4 atom stereocenters. The molecule has 70 heavy (non-hydrogen) atoms. The Morgan fingerprint density at radius 3 is 1.26 bits per heavy atom. The van der Waals surface area contributed by atoms with Gasteiger partial charge in [-0.15, -0.1) is 0 Å². The molecule has 10 heteroatoms. The van der Waals surface area contributed by atoms with Crippen LogP contribution in [0, 0.1) is 74.9 Å². The maximum Gasteiger partial charge on any atom is 0.342 e. The maximum absolute atomic E-state index is 15.2. The molecule has 4 unspecified atom stereocenters. The van der Waals surface area contributed by atoms with Crippen LogP contribution in [0.5, 0.6) is 0 Å². The van der Waals surface area contributed by atoms with Crippen molar-refractivity contribution in [1.29, 1.82) is 0 Å². The van der Waals surface area contributed by atoms with Crippen LogP contribution in [0.3, 0.4) is 0 Å². The zero-order chi connectivity index (χ0) is 53.4. The van der Waals surface area contributed by atoms with Crippen LogP contribution in [0.15, 0.2) is 21.8 Å². The molecule has 396 valence electrons. The van der Waals surface area contributed by atoms with Crippen LogP contribution in [-0.2, 0) is 23.9 Å². The van der Waals surface area contributed by atoms with E-state index in [1.54, 1.807) is 0 Å². The van der Waals surface area contributed by atoms with E-state index in [2.05, 4.69) is 113 Å². The SMILES string of the molecule is CCC(CC)(CC)C(=O)NC1=NC(=C(C)c2[nH]c(NC(=O)C(CC)(CC)CC)c(C(=O)OC3C(C(C)(C)C)CC(C)CC3C(C)(C)C)c2C)C(C)=C1C(=O)OC1C(C(C)(C)C)CC(C)CC1C(C)(C)C. The van der Waals surface area contributed by atoms with Crippen LogP contribution in [0.1, 0.15) is 238 Å². The first-order chi connectivity index (χ1) is 32.1. The fourth-order valence-corrected chi connectivity index (χ4v) is 12.7. The fraction of sp³-hybridized carbons (Fsp3) is 0.783. The Labute approximate surface area is 426 Å². The summed E-state index contributed by atoms with van der Waals surface area (Å²) >= 11 is 0. The number of hydrogen-bond acceptors (Lipinski definition) is 7. The van der Waals surface area contributed by atoms with Gasteiger partial charge in [0.1, 0.15) is 35.0 Å². The highest BCUT2D eigenvalue weighted by molar-refractivity contribution is 6.26. The molecule has 0 saturated heterocycles. The smallest absolute Gasteiger partial charge is 0.342 e. The first-order valence-electron chi connectivity index (χ1n) is 27.4. The van der Waals surface area contributed by atoms with Crippen LogP contribution in [0.25, 0.3) is 5.57 Å². The van der Waals surface area contributed by atoms with Gasteiger partial charge in [-0.05, 0) is 135 Å². The van der Waals surface area contributed by atoms with Crippen LogP contribution < -0.4 is 10.6 Å². The Morgan fingerprint density at radius 1 is 0.571 bits per heavy atom. The zero-order valence-corrected chi connectivity index (χ0v) is 48.6. The largest absolute Gasteiger partial charge is 0.458 e. The van der Waals surface area contributed by atoms with Crippen molar-refractivity contribution >= 4 is 41.0 Å². The Bertz CT molecular complexity index is 2100. The molecule has 2 saturated carbocycles. The number of esters is 2. The van der Waals surface area contributed by atoms with Gasteiger partial charge in [-0.1, -0.05) is 138 Å². The van der Waals surface area contributed by atoms with Crippen molar-refractivity contribution in [3.8, 4) is 0 Å². The van der Waals surface area contributed by atoms with Crippen molar-refractivity contribution in [2.45, 2.75) is 236 Å². The molecule has 1 aromatic heterocycles. The molecule has 10 nitrogen and oxygen atoms in total. The summed E-state index contributed by atoms with van der Waals surface area (Å²) in [5.74, 6) is 0.550. The molecular weight excluding hydrogens is 873 g/mol. The third-order valence-corrected chi connectivity index (χ3v) is 18.2. The molecule has 2 aliphatic carbocycles. The van der Waals surface area contributed by atoms with Crippen molar-refractivity contribution in [3.05, 3.63) is 33.7 Å². The summed E-state index contributed by atoms with van der Waals surface area (Å²) in [6.07, 6.45) is 6.86. The highest BCUT2D eigenvalue weighted by Gasteiger charge is 2.51. The third kappa shape index (κ3) is 12.0. The number of aromatic amines is 1. The van der Waals surface area contributed by atoms with E-state index in [1.807, 2.05) is 62.3 Å². The van der Waals surface area contributed by atoms with Gasteiger partial charge in [-0.25, -0.2) is 14.6 Å². The number of aromatic nitrogens is 1. The lowest BCUT2D eigenvalue weighted by molar-refractivity contribution is -0.164. The Morgan fingerprint density at radius 2 is 0.914 bits per heavy atom. The molecule has 0 radical (unpaired) electrons. The number of aliphatic imine (C=N–C) groups is 1. The second-order valence-corrected chi connectivity index (χ2v) is 26.7. The van der Waals surface area contributed by atoms with Gasteiger partial charge >= 0.3 is 11.9 Å². The van der Waals surface area contributed by atoms with Crippen molar-refractivity contribution in [1.82, 2.24) is 10.3 Å². The second-order valence-electron chi connectivity index (χ2n) is 26.7. The number of amides is 2.